The summed E-state index contributed by atoms with van der Waals surface area (Å²) in [5, 5.41) is 13.3. The number of carbonyl (C=O) groups excluding carboxylic acids is 1. The van der Waals surface area contributed by atoms with Crippen molar-refractivity contribution < 1.29 is 9.90 Å². The molecular weight excluding hydrogens is 264 g/mol. The van der Waals surface area contributed by atoms with E-state index in [0.29, 0.717) is 19.0 Å². The van der Waals surface area contributed by atoms with Gasteiger partial charge in [-0.05, 0) is 37.8 Å². The lowest BCUT2D eigenvalue weighted by molar-refractivity contribution is -0.122. The summed E-state index contributed by atoms with van der Waals surface area (Å²) in [6.45, 7) is 4.19. The first kappa shape index (κ1) is 16.0. The second-order valence-corrected chi connectivity index (χ2v) is 5.78. The van der Waals surface area contributed by atoms with Crippen molar-refractivity contribution in [2.24, 2.45) is 0 Å². The van der Waals surface area contributed by atoms with Crippen LogP contribution >= 0.6 is 0 Å². The van der Waals surface area contributed by atoms with Gasteiger partial charge in [0.2, 0.25) is 5.91 Å². The molecule has 1 amide bonds. The molecule has 0 unspecified atom stereocenters. The second-order valence-electron chi connectivity index (χ2n) is 5.78. The van der Waals surface area contributed by atoms with Crippen LogP contribution in [0.25, 0.3) is 0 Å². The summed E-state index contributed by atoms with van der Waals surface area (Å²) in [6, 6.07) is 10.1. The van der Waals surface area contributed by atoms with E-state index in [1.54, 1.807) is 0 Å². The van der Waals surface area contributed by atoms with Gasteiger partial charge in [0, 0.05) is 12.6 Å². The molecule has 0 bridgehead atoms. The van der Waals surface area contributed by atoms with Crippen molar-refractivity contribution >= 4 is 5.91 Å². The van der Waals surface area contributed by atoms with Gasteiger partial charge in [-0.2, -0.15) is 0 Å². The molecule has 21 heavy (non-hydrogen) atoms. The molecular formula is C17H26N2O2. The average Bonchev–Trinajstić information content (AvgIpc) is 2.93. The molecule has 4 nitrogen and oxygen atoms in total. The van der Waals surface area contributed by atoms with Gasteiger partial charge in [0.15, 0.2) is 0 Å². The lowest BCUT2D eigenvalue weighted by Crippen LogP contribution is -2.40. The molecule has 2 atom stereocenters. The van der Waals surface area contributed by atoms with E-state index < -0.39 is 6.10 Å². The highest BCUT2D eigenvalue weighted by molar-refractivity contribution is 5.78. The van der Waals surface area contributed by atoms with Gasteiger partial charge in [-0.25, -0.2) is 0 Å². The first-order chi connectivity index (χ1) is 10.2. The molecule has 116 valence electrons. The molecule has 0 spiro atoms. The number of aliphatic hydroxyl groups excluding tert-OH is 1. The van der Waals surface area contributed by atoms with Crippen molar-refractivity contribution in [2.45, 2.75) is 44.8 Å². The molecule has 1 aromatic carbocycles. The zero-order chi connectivity index (χ0) is 15.1. The van der Waals surface area contributed by atoms with Crippen molar-refractivity contribution in [3.63, 3.8) is 0 Å². The third kappa shape index (κ3) is 4.83. The molecule has 4 heteroatoms. The minimum Gasteiger partial charge on any atom is -0.388 e. The number of amides is 1. The van der Waals surface area contributed by atoms with Crippen molar-refractivity contribution in [2.75, 3.05) is 19.6 Å². The van der Waals surface area contributed by atoms with E-state index in [1.807, 2.05) is 30.3 Å². The van der Waals surface area contributed by atoms with Gasteiger partial charge in [-0.1, -0.05) is 37.3 Å². The van der Waals surface area contributed by atoms with E-state index in [0.717, 1.165) is 37.9 Å². The minimum absolute atomic E-state index is 0.0953. The van der Waals surface area contributed by atoms with Gasteiger partial charge in [0.25, 0.3) is 0 Å². The van der Waals surface area contributed by atoms with E-state index in [2.05, 4.69) is 17.1 Å². The Bertz CT molecular complexity index is 436. The van der Waals surface area contributed by atoms with Crippen LogP contribution in [0.1, 0.15) is 44.3 Å². The van der Waals surface area contributed by atoms with E-state index in [1.165, 1.54) is 0 Å². The fourth-order valence-electron chi connectivity index (χ4n) is 2.94. The third-order valence-corrected chi connectivity index (χ3v) is 4.10. The first-order valence-electron chi connectivity index (χ1n) is 7.94. The second kappa shape index (κ2) is 8.15. The summed E-state index contributed by atoms with van der Waals surface area (Å²) in [5.74, 6) is 0.0953. The predicted octanol–water partition coefficient (Wildman–Crippen LogP) is 2.10. The molecule has 2 rings (SSSR count). The maximum atomic E-state index is 11.8. The third-order valence-electron chi connectivity index (χ3n) is 4.10. The smallest absolute Gasteiger partial charge is 0.234 e. The molecule has 0 radical (unpaired) electrons. The summed E-state index contributed by atoms with van der Waals surface area (Å²) in [6.07, 6.45) is 3.38. The summed E-state index contributed by atoms with van der Waals surface area (Å²) >= 11 is 0. The Morgan fingerprint density at radius 3 is 2.90 bits per heavy atom. The van der Waals surface area contributed by atoms with Crippen LogP contribution in [0.15, 0.2) is 30.3 Å². The highest BCUT2D eigenvalue weighted by Crippen LogP contribution is 2.26. The molecule has 1 saturated heterocycles. The van der Waals surface area contributed by atoms with Gasteiger partial charge >= 0.3 is 0 Å². The molecule has 1 fully saturated rings. The molecule has 1 aliphatic heterocycles. The lowest BCUT2D eigenvalue weighted by atomic mass is 10.0. The van der Waals surface area contributed by atoms with Crippen LogP contribution in [-0.2, 0) is 4.79 Å². The number of rotatable bonds is 7. The van der Waals surface area contributed by atoms with E-state index in [4.69, 9.17) is 0 Å². The molecule has 0 aliphatic carbocycles. The molecule has 1 heterocycles. The van der Waals surface area contributed by atoms with Crippen LogP contribution in [0.5, 0.6) is 0 Å². The molecule has 2 N–H and O–H groups in total. The van der Waals surface area contributed by atoms with Gasteiger partial charge in [0.05, 0.1) is 12.6 Å². The lowest BCUT2D eigenvalue weighted by Gasteiger charge is -2.26. The van der Waals surface area contributed by atoms with Crippen LogP contribution in [0.2, 0.25) is 0 Å². The van der Waals surface area contributed by atoms with Crippen molar-refractivity contribution in [1.82, 2.24) is 10.2 Å². The van der Waals surface area contributed by atoms with Crippen molar-refractivity contribution in [3.05, 3.63) is 35.9 Å². The molecule has 0 saturated carbocycles. The van der Waals surface area contributed by atoms with Crippen LogP contribution in [0, 0.1) is 0 Å². The number of aliphatic hydroxyl groups is 1. The minimum atomic E-state index is -0.449. The van der Waals surface area contributed by atoms with Crippen LogP contribution in [0.4, 0.5) is 0 Å². The Labute approximate surface area is 127 Å². The Morgan fingerprint density at radius 2 is 2.19 bits per heavy atom. The summed E-state index contributed by atoms with van der Waals surface area (Å²) < 4.78 is 0. The molecule has 1 aromatic rings. The maximum Gasteiger partial charge on any atom is 0.234 e. The normalized spacial score (nSPS) is 20.4. The zero-order valence-electron chi connectivity index (χ0n) is 12.8. The number of benzene rings is 1. The Morgan fingerprint density at radius 1 is 1.43 bits per heavy atom. The Hall–Kier alpha value is -1.39. The van der Waals surface area contributed by atoms with Crippen LogP contribution in [0.3, 0.4) is 0 Å². The highest BCUT2D eigenvalue weighted by atomic mass is 16.3. The Kier molecular flexibility index (Phi) is 6.21. The number of hydrogen-bond donors (Lipinski definition) is 2. The zero-order valence-corrected chi connectivity index (χ0v) is 12.8. The number of nitrogens with one attached hydrogen (secondary N) is 1. The SMILES string of the molecule is CCCNC(=O)CN1CCC[C@H]1C[C@H](O)c1ccccc1. The average molecular weight is 290 g/mol. The van der Waals surface area contributed by atoms with Gasteiger partial charge in [0.1, 0.15) is 0 Å². The summed E-state index contributed by atoms with van der Waals surface area (Å²) in [7, 11) is 0. The van der Waals surface area contributed by atoms with E-state index in [-0.39, 0.29) is 5.91 Å². The Balaban J connectivity index is 1.85. The number of carbonyl (C=O) groups is 1. The van der Waals surface area contributed by atoms with Gasteiger partial charge in [-0.15, -0.1) is 0 Å². The monoisotopic (exact) mass is 290 g/mol. The molecule has 1 aliphatic rings. The molecule has 0 aromatic heterocycles. The van der Waals surface area contributed by atoms with Gasteiger partial charge in [-0.3, -0.25) is 9.69 Å². The first-order valence-corrected chi connectivity index (χ1v) is 7.94. The topological polar surface area (TPSA) is 52.6 Å². The quantitative estimate of drug-likeness (QED) is 0.808. The largest absolute Gasteiger partial charge is 0.388 e. The number of likely N-dealkylation sites (tertiary alicyclic amines) is 1. The van der Waals surface area contributed by atoms with Crippen LogP contribution < -0.4 is 5.32 Å². The van der Waals surface area contributed by atoms with E-state index >= 15 is 0 Å². The summed E-state index contributed by atoms with van der Waals surface area (Å²) in [4.78, 5) is 14.0. The number of nitrogens with zero attached hydrogens (tertiary/aromatic N) is 1. The summed E-state index contributed by atoms with van der Waals surface area (Å²) in [5.41, 5.74) is 0.958. The fraction of sp³-hybridized carbons (Fsp3) is 0.588. The highest BCUT2D eigenvalue weighted by Gasteiger charge is 2.28. The van der Waals surface area contributed by atoms with Crippen LogP contribution in [-0.4, -0.2) is 41.6 Å². The fourth-order valence-corrected chi connectivity index (χ4v) is 2.94. The maximum absolute atomic E-state index is 11.8. The van der Waals surface area contributed by atoms with E-state index in [9.17, 15) is 9.90 Å². The standard InChI is InChI=1S/C17H26N2O2/c1-2-10-18-17(21)13-19-11-6-9-15(19)12-16(20)14-7-4-3-5-8-14/h3-5,7-8,15-16,20H,2,6,9-13H2,1H3,(H,18,21)/t15-,16-/m0/s1. The van der Waals surface area contributed by atoms with Crippen molar-refractivity contribution in [3.8, 4) is 0 Å². The number of hydrogen-bond acceptors (Lipinski definition) is 3. The predicted molar refractivity (Wildman–Crippen MR) is 83.9 cm³/mol. The van der Waals surface area contributed by atoms with Gasteiger partial charge < -0.3 is 10.4 Å². The van der Waals surface area contributed by atoms with Crippen molar-refractivity contribution in [1.29, 1.82) is 0 Å².